The van der Waals surface area contributed by atoms with Crippen molar-refractivity contribution < 1.29 is 14.3 Å². The minimum atomic E-state index is -1.02. The maximum Gasteiger partial charge on any atom is 0.319 e. The predicted octanol–water partition coefficient (Wildman–Crippen LogP) is 2.29. The Kier molecular flexibility index (Phi) is 5.95. The van der Waals surface area contributed by atoms with Crippen LogP contribution in [0.3, 0.4) is 0 Å². The van der Waals surface area contributed by atoms with Crippen molar-refractivity contribution in [3.8, 4) is 0 Å². The van der Waals surface area contributed by atoms with Gasteiger partial charge < -0.3 is 4.74 Å². The van der Waals surface area contributed by atoms with Crippen LogP contribution in [0.5, 0.6) is 0 Å². The molecule has 0 aromatic carbocycles. The molecule has 0 spiro atoms. The number of hydrogen-bond acceptors (Lipinski definition) is 4. The molecule has 0 rings (SSSR count). The Hall–Kier alpha value is -0.510. The van der Waals surface area contributed by atoms with Gasteiger partial charge in [-0.1, -0.05) is 13.8 Å². The molecule has 0 aliphatic carbocycles. The van der Waals surface area contributed by atoms with Crippen LogP contribution in [0.15, 0.2) is 0 Å². The van der Waals surface area contributed by atoms with Crippen molar-refractivity contribution in [2.75, 3.05) is 12.4 Å². The lowest BCUT2D eigenvalue weighted by atomic mass is 9.89. The minimum Gasteiger partial charge on any atom is -0.465 e. The van der Waals surface area contributed by atoms with E-state index < -0.39 is 11.4 Å². The number of carbonyl (C=O) groups is 2. The highest BCUT2D eigenvalue weighted by Gasteiger charge is 2.36. The molecule has 88 valence electrons. The van der Waals surface area contributed by atoms with Gasteiger partial charge in [0, 0.05) is 0 Å². The highest BCUT2D eigenvalue weighted by atomic mass is 32.2. The van der Waals surface area contributed by atoms with Crippen molar-refractivity contribution in [2.24, 2.45) is 5.41 Å². The molecule has 0 saturated carbocycles. The topological polar surface area (TPSA) is 43.4 Å². The average molecular weight is 232 g/mol. The Balaban J connectivity index is 4.31. The lowest BCUT2D eigenvalue weighted by Gasteiger charge is -2.20. The first-order chi connectivity index (χ1) is 6.82. The average Bonchev–Trinajstić information content (AvgIpc) is 2.14. The summed E-state index contributed by atoms with van der Waals surface area (Å²) in [6, 6.07) is 0. The molecule has 0 aliphatic rings. The van der Waals surface area contributed by atoms with Gasteiger partial charge in [-0.3, -0.25) is 9.59 Å². The zero-order valence-corrected chi connectivity index (χ0v) is 10.9. The van der Waals surface area contributed by atoms with E-state index in [1.54, 1.807) is 32.5 Å². The van der Waals surface area contributed by atoms with Gasteiger partial charge in [0.05, 0.1) is 12.4 Å². The van der Waals surface area contributed by atoms with E-state index in [1.165, 1.54) is 0 Å². The van der Waals surface area contributed by atoms with Crippen LogP contribution in [0, 0.1) is 5.41 Å². The molecule has 0 amide bonds. The van der Waals surface area contributed by atoms with Crippen molar-refractivity contribution in [3.63, 3.8) is 0 Å². The van der Waals surface area contributed by atoms with Gasteiger partial charge in [-0.05, 0) is 26.0 Å². The number of hydrogen-bond donors (Lipinski definition) is 0. The highest BCUT2D eigenvalue weighted by molar-refractivity contribution is 8.00. The van der Waals surface area contributed by atoms with Crippen LogP contribution >= 0.6 is 11.8 Å². The summed E-state index contributed by atoms with van der Waals surface area (Å²) in [4.78, 5) is 23.3. The summed E-state index contributed by atoms with van der Waals surface area (Å²) >= 11 is 1.54. The Morgan fingerprint density at radius 3 is 2.27 bits per heavy atom. The van der Waals surface area contributed by atoms with E-state index in [0.29, 0.717) is 17.6 Å². The van der Waals surface area contributed by atoms with E-state index in [0.717, 1.165) is 0 Å². The fourth-order valence-corrected chi connectivity index (χ4v) is 1.69. The van der Waals surface area contributed by atoms with Gasteiger partial charge in [-0.25, -0.2) is 0 Å². The first kappa shape index (κ1) is 14.5. The third-order valence-corrected chi connectivity index (χ3v) is 3.13. The SMILES string of the molecule is CCOC(=O)C(C)(C)C(=O)CSC(C)C. The summed E-state index contributed by atoms with van der Waals surface area (Å²) < 4.78 is 4.87. The molecule has 0 unspecified atom stereocenters. The van der Waals surface area contributed by atoms with E-state index in [2.05, 4.69) is 0 Å². The van der Waals surface area contributed by atoms with Crippen molar-refractivity contribution in [1.82, 2.24) is 0 Å². The summed E-state index contributed by atoms with van der Waals surface area (Å²) in [5, 5.41) is 0.395. The second kappa shape index (κ2) is 6.16. The van der Waals surface area contributed by atoms with Crippen molar-refractivity contribution >= 4 is 23.5 Å². The first-order valence-corrected chi connectivity index (χ1v) is 6.19. The van der Waals surface area contributed by atoms with Crippen LogP contribution in [0.1, 0.15) is 34.6 Å². The molecule has 0 radical (unpaired) electrons. The summed E-state index contributed by atoms with van der Waals surface area (Å²) in [5.41, 5.74) is -1.02. The maximum atomic E-state index is 11.8. The standard InChI is InChI=1S/C11H20O3S/c1-6-14-10(13)11(4,5)9(12)7-15-8(2)3/h8H,6-7H2,1-5H3. The molecule has 0 saturated heterocycles. The van der Waals surface area contributed by atoms with Gasteiger partial charge in [0.15, 0.2) is 5.78 Å². The number of rotatable bonds is 6. The largest absolute Gasteiger partial charge is 0.465 e. The van der Waals surface area contributed by atoms with Crippen LogP contribution in [-0.4, -0.2) is 29.4 Å². The number of ether oxygens (including phenoxy) is 1. The molecule has 0 aliphatic heterocycles. The maximum absolute atomic E-state index is 11.8. The summed E-state index contributed by atoms with van der Waals surface area (Å²) in [6.45, 7) is 9.33. The number of ketones is 1. The van der Waals surface area contributed by atoms with Crippen LogP contribution < -0.4 is 0 Å². The van der Waals surface area contributed by atoms with E-state index in [4.69, 9.17) is 4.74 Å². The summed E-state index contributed by atoms with van der Waals surface area (Å²) in [7, 11) is 0. The van der Waals surface area contributed by atoms with E-state index in [1.807, 2.05) is 13.8 Å². The third-order valence-electron chi connectivity index (χ3n) is 2.03. The smallest absolute Gasteiger partial charge is 0.319 e. The molecule has 0 aromatic rings. The Morgan fingerprint density at radius 1 is 1.33 bits per heavy atom. The van der Waals surface area contributed by atoms with E-state index >= 15 is 0 Å². The molecule has 15 heavy (non-hydrogen) atoms. The summed E-state index contributed by atoms with van der Waals surface area (Å²) in [6.07, 6.45) is 0. The molecule has 0 N–H and O–H groups in total. The normalized spacial score (nSPS) is 11.6. The van der Waals surface area contributed by atoms with Crippen LogP contribution in [-0.2, 0) is 14.3 Å². The molecule has 3 nitrogen and oxygen atoms in total. The fraction of sp³-hybridized carbons (Fsp3) is 0.818. The van der Waals surface area contributed by atoms with Gasteiger partial charge in [-0.15, -0.1) is 0 Å². The number of carbonyl (C=O) groups excluding carboxylic acids is 2. The number of esters is 1. The molecule has 4 heteroatoms. The molecular formula is C11H20O3S. The lowest BCUT2D eigenvalue weighted by Crippen LogP contribution is -2.36. The van der Waals surface area contributed by atoms with E-state index in [9.17, 15) is 9.59 Å². The second-order valence-corrected chi connectivity index (χ2v) is 5.69. The zero-order valence-electron chi connectivity index (χ0n) is 10.1. The molecule has 0 heterocycles. The molecule has 0 aromatic heterocycles. The minimum absolute atomic E-state index is 0.0698. The van der Waals surface area contributed by atoms with Gasteiger partial charge >= 0.3 is 5.97 Å². The Bertz CT molecular complexity index is 234. The van der Waals surface area contributed by atoms with Gasteiger partial charge in [0.1, 0.15) is 5.41 Å². The third kappa shape index (κ3) is 4.69. The zero-order chi connectivity index (χ0) is 12.1. The summed E-state index contributed by atoms with van der Waals surface area (Å²) in [5.74, 6) is -0.136. The molecule has 0 bridgehead atoms. The Morgan fingerprint density at radius 2 is 1.87 bits per heavy atom. The van der Waals surface area contributed by atoms with Crippen LogP contribution in [0.4, 0.5) is 0 Å². The second-order valence-electron chi connectivity index (χ2n) is 4.13. The van der Waals surface area contributed by atoms with Crippen LogP contribution in [0.2, 0.25) is 0 Å². The lowest BCUT2D eigenvalue weighted by molar-refractivity contribution is -0.157. The quantitative estimate of drug-likeness (QED) is 0.520. The first-order valence-electron chi connectivity index (χ1n) is 5.14. The highest BCUT2D eigenvalue weighted by Crippen LogP contribution is 2.22. The number of thioether (sulfide) groups is 1. The van der Waals surface area contributed by atoms with Crippen molar-refractivity contribution in [2.45, 2.75) is 39.9 Å². The van der Waals surface area contributed by atoms with Gasteiger partial charge in [0.2, 0.25) is 0 Å². The van der Waals surface area contributed by atoms with Crippen LogP contribution in [0.25, 0.3) is 0 Å². The van der Waals surface area contributed by atoms with Gasteiger partial charge in [-0.2, -0.15) is 11.8 Å². The number of Topliss-reactive ketones (excluding diaryl/α,β-unsaturated/α-hetero) is 1. The van der Waals surface area contributed by atoms with Crippen molar-refractivity contribution in [3.05, 3.63) is 0 Å². The fourth-order valence-electron chi connectivity index (χ4n) is 0.848. The molecule has 0 atom stereocenters. The Labute approximate surface area is 95.9 Å². The molecule has 0 fully saturated rings. The van der Waals surface area contributed by atoms with E-state index in [-0.39, 0.29) is 5.78 Å². The molecular weight excluding hydrogens is 212 g/mol. The van der Waals surface area contributed by atoms with Gasteiger partial charge in [0.25, 0.3) is 0 Å². The predicted molar refractivity (Wildman–Crippen MR) is 63.0 cm³/mol. The monoisotopic (exact) mass is 232 g/mol. The van der Waals surface area contributed by atoms with Crippen molar-refractivity contribution in [1.29, 1.82) is 0 Å².